The van der Waals surface area contributed by atoms with Crippen LogP contribution < -0.4 is 4.90 Å². The third kappa shape index (κ3) is 3.53. The number of piperidine rings is 1. The number of amides is 2. The van der Waals surface area contributed by atoms with Gasteiger partial charge in [0.1, 0.15) is 6.33 Å². The summed E-state index contributed by atoms with van der Waals surface area (Å²) in [4.78, 5) is 29.8. The van der Waals surface area contributed by atoms with Crippen LogP contribution in [0.5, 0.6) is 0 Å². The molecule has 2 aromatic heterocycles. The number of hydrogen-bond donors (Lipinski definition) is 0. The summed E-state index contributed by atoms with van der Waals surface area (Å²) in [5.41, 5.74) is 3.02. The van der Waals surface area contributed by atoms with Crippen LogP contribution in [0.15, 0.2) is 36.9 Å². The summed E-state index contributed by atoms with van der Waals surface area (Å²) in [6.07, 6.45) is 8.32. The lowest BCUT2D eigenvalue weighted by Crippen LogP contribution is -2.45. The van der Waals surface area contributed by atoms with Crippen molar-refractivity contribution in [3.05, 3.63) is 48.0 Å². The zero-order chi connectivity index (χ0) is 17.9. The van der Waals surface area contributed by atoms with Crippen LogP contribution in [0.25, 0.3) is 10.2 Å². The summed E-state index contributed by atoms with van der Waals surface area (Å²) < 4.78 is 1.10. The number of aryl methyl sites for hydroxylation is 1. The molecular weight excluding hydrogens is 346 g/mol. The van der Waals surface area contributed by atoms with E-state index >= 15 is 0 Å². The van der Waals surface area contributed by atoms with Gasteiger partial charge in [-0.3, -0.25) is 4.90 Å². The van der Waals surface area contributed by atoms with Gasteiger partial charge in [-0.2, -0.15) is 0 Å². The molecule has 134 valence electrons. The van der Waals surface area contributed by atoms with E-state index in [1.165, 1.54) is 18.3 Å². The number of hydrogen-bond acceptors (Lipinski definition) is 5. The van der Waals surface area contributed by atoms with Crippen LogP contribution in [0.3, 0.4) is 0 Å². The molecule has 6 nitrogen and oxygen atoms in total. The van der Waals surface area contributed by atoms with Crippen LogP contribution in [-0.4, -0.2) is 39.0 Å². The predicted octanol–water partition coefficient (Wildman–Crippen LogP) is 4.01. The Labute approximate surface area is 156 Å². The Morgan fingerprint density at radius 1 is 1.19 bits per heavy atom. The Balaban J connectivity index is 1.69. The van der Waals surface area contributed by atoms with Gasteiger partial charge in [0.15, 0.2) is 5.13 Å². The van der Waals surface area contributed by atoms with Gasteiger partial charge >= 0.3 is 6.03 Å². The molecule has 3 aromatic rings. The second-order valence-electron chi connectivity index (χ2n) is 6.63. The highest BCUT2D eigenvalue weighted by Crippen LogP contribution is 2.31. The Morgan fingerprint density at radius 3 is 2.73 bits per heavy atom. The standard InChI is InChI=1S/C19H21N5OS/c1-14-5-6-16-17(9-14)26-18(22-16)24(12-15-10-20-13-21-11-15)19(25)23-7-3-2-4-8-23/h5-6,9-11,13H,2-4,7-8,12H2,1H3. The fourth-order valence-corrected chi connectivity index (χ4v) is 4.26. The molecule has 1 aliphatic rings. The van der Waals surface area contributed by atoms with E-state index in [0.29, 0.717) is 6.54 Å². The maximum atomic E-state index is 13.2. The van der Waals surface area contributed by atoms with Gasteiger partial charge in [0.05, 0.1) is 16.8 Å². The minimum atomic E-state index is 0.0179. The topological polar surface area (TPSA) is 62.2 Å². The Morgan fingerprint density at radius 2 is 1.96 bits per heavy atom. The number of urea groups is 1. The lowest BCUT2D eigenvalue weighted by molar-refractivity contribution is 0.192. The van der Waals surface area contributed by atoms with Gasteiger partial charge in [-0.1, -0.05) is 17.4 Å². The van der Waals surface area contributed by atoms with E-state index in [4.69, 9.17) is 4.98 Å². The second kappa shape index (κ2) is 7.37. The lowest BCUT2D eigenvalue weighted by Gasteiger charge is -2.31. The molecule has 2 amide bonds. The molecule has 1 saturated heterocycles. The molecule has 7 heteroatoms. The maximum Gasteiger partial charge on any atom is 0.326 e. The highest BCUT2D eigenvalue weighted by atomic mass is 32.1. The first-order chi connectivity index (χ1) is 12.7. The Bertz CT molecular complexity index is 905. The molecule has 0 unspecified atom stereocenters. The SMILES string of the molecule is Cc1ccc2nc(N(Cc3cncnc3)C(=O)N3CCCCC3)sc2c1. The van der Waals surface area contributed by atoms with Crippen molar-refractivity contribution >= 4 is 32.7 Å². The van der Waals surface area contributed by atoms with E-state index in [1.807, 2.05) is 17.0 Å². The van der Waals surface area contributed by atoms with Gasteiger partial charge in [-0.05, 0) is 43.9 Å². The number of nitrogens with zero attached hydrogens (tertiary/aromatic N) is 5. The molecule has 3 heterocycles. The van der Waals surface area contributed by atoms with E-state index in [2.05, 4.69) is 23.0 Å². The summed E-state index contributed by atoms with van der Waals surface area (Å²) in [6.45, 7) is 4.11. The fourth-order valence-electron chi connectivity index (χ4n) is 3.20. The first-order valence-electron chi connectivity index (χ1n) is 8.88. The van der Waals surface area contributed by atoms with E-state index in [9.17, 15) is 4.79 Å². The molecule has 1 fully saturated rings. The summed E-state index contributed by atoms with van der Waals surface area (Å²) in [6, 6.07) is 6.20. The van der Waals surface area contributed by atoms with Crippen molar-refractivity contribution in [1.82, 2.24) is 19.9 Å². The molecule has 26 heavy (non-hydrogen) atoms. The number of thiazole rings is 1. The summed E-state index contributed by atoms with van der Waals surface area (Å²) in [5, 5.41) is 0.727. The molecule has 0 aliphatic carbocycles. The number of aromatic nitrogens is 3. The number of benzene rings is 1. The minimum absolute atomic E-state index is 0.0179. The van der Waals surface area contributed by atoms with Gasteiger partial charge in [-0.15, -0.1) is 0 Å². The van der Waals surface area contributed by atoms with Crippen molar-refractivity contribution in [1.29, 1.82) is 0 Å². The quantitative estimate of drug-likeness (QED) is 0.702. The smallest absolute Gasteiger partial charge is 0.324 e. The van der Waals surface area contributed by atoms with Gasteiger partial charge in [0, 0.05) is 31.0 Å². The van der Waals surface area contributed by atoms with Gasteiger partial charge in [0.25, 0.3) is 0 Å². The van der Waals surface area contributed by atoms with Crippen molar-refractivity contribution in [3.8, 4) is 0 Å². The zero-order valence-electron chi connectivity index (χ0n) is 14.8. The molecule has 0 spiro atoms. The summed E-state index contributed by atoms with van der Waals surface area (Å²) >= 11 is 1.56. The van der Waals surface area contributed by atoms with Crippen molar-refractivity contribution in [2.24, 2.45) is 0 Å². The van der Waals surface area contributed by atoms with Gasteiger partial charge in [-0.25, -0.2) is 19.7 Å². The maximum absolute atomic E-state index is 13.2. The number of anilines is 1. The molecule has 4 rings (SSSR count). The Hall–Kier alpha value is -2.54. The highest BCUT2D eigenvalue weighted by molar-refractivity contribution is 7.22. The van der Waals surface area contributed by atoms with E-state index in [-0.39, 0.29) is 6.03 Å². The van der Waals surface area contributed by atoms with Crippen LogP contribution in [0, 0.1) is 6.92 Å². The molecule has 0 radical (unpaired) electrons. The number of carbonyl (C=O) groups is 1. The van der Waals surface area contributed by atoms with Gasteiger partial charge < -0.3 is 4.90 Å². The first-order valence-corrected chi connectivity index (χ1v) is 9.70. The third-order valence-electron chi connectivity index (χ3n) is 4.58. The van der Waals surface area contributed by atoms with Crippen molar-refractivity contribution in [2.75, 3.05) is 18.0 Å². The Kier molecular flexibility index (Phi) is 4.79. The van der Waals surface area contributed by atoms with Crippen LogP contribution in [0.4, 0.5) is 9.93 Å². The summed E-state index contributed by atoms with van der Waals surface area (Å²) in [7, 11) is 0. The summed E-state index contributed by atoms with van der Waals surface area (Å²) in [5.74, 6) is 0. The van der Waals surface area contributed by atoms with Gasteiger partial charge in [0.2, 0.25) is 0 Å². The lowest BCUT2D eigenvalue weighted by atomic mass is 10.1. The van der Waals surface area contributed by atoms with Crippen LogP contribution in [0.2, 0.25) is 0 Å². The highest BCUT2D eigenvalue weighted by Gasteiger charge is 2.26. The number of likely N-dealkylation sites (tertiary alicyclic amines) is 1. The number of rotatable bonds is 3. The molecule has 0 saturated carbocycles. The van der Waals surface area contributed by atoms with Crippen molar-refractivity contribution < 1.29 is 4.79 Å². The average molecular weight is 367 g/mol. The van der Waals surface area contributed by atoms with Crippen LogP contribution >= 0.6 is 11.3 Å². The van der Waals surface area contributed by atoms with Crippen molar-refractivity contribution in [3.63, 3.8) is 0 Å². The fraction of sp³-hybridized carbons (Fsp3) is 0.368. The molecule has 0 bridgehead atoms. The van der Waals surface area contributed by atoms with Crippen LogP contribution in [-0.2, 0) is 6.54 Å². The van der Waals surface area contributed by atoms with E-state index in [1.54, 1.807) is 28.6 Å². The van der Waals surface area contributed by atoms with Crippen LogP contribution in [0.1, 0.15) is 30.4 Å². The monoisotopic (exact) mass is 367 g/mol. The van der Waals surface area contributed by atoms with Crippen molar-refractivity contribution in [2.45, 2.75) is 32.7 Å². The van der Waals surface area contributed by atoms with E-state index in [0.717, 1.165) is 46.8 Å². The minimum Gasteiger partial charge on any atom is -0.324 e. The normalized spacial score (nSPS) is 14.6. The third-order valence-corrected chi connectivity index (χ3v) is 5.62. The average Bonchev–Trinajstić information content (AvgIpc) is 3.10. The molecule has 1 aliphatic heterocycles. The predicted molar refractivity (Wildman–Crippen MR) is 103 cm³/mol. The molecular formula is C19H21N5OS. The molecule has 0 N–H and O–H groups in total. The first kappa shape index (κ1) is 16.9. The molecule has 1 aromatic carbocycles. The second-order valence-corrected chi connectivity index (χ2v) is 7.64. The number of carbonyl (C=O) groups excluding carboxylic acids is 1. The molecule has 0 atom stereocenters. The number of fused-ring (bicyclic) bond motifs is 1. The zero-order valence-corrected chi connectivity index (χ0v) is 15.6. The largest absolute Gasteiger partial charge is 0.326 e. The van der Waals surface area contributed by atoms with E-state index < -0.39 is 0 Å².